The van der Waals surface area contributed by atoms with Crippen molar-refractivity contribution in [2.24, 2.45) is 7.05 Å². The first kappa shape index (κ1) is 8.08. The van der Waals surface area contributed by atoms with Gasteiger partial charge < -0.3 is 9.30 Å². The summed E-state index contributed by atoms with van der Waals surface area (Å²) >= 11 is 5.82. The van der Waals surface area contributed by atoms with E-state index in [2.05, 4.69) is 4.98 Å². The molecule has 2 heterocycles. The van der Waals surface area contributed by atoms with Gasteiger partial charge in [-0.15, -0.1) is 0 Å². The highest BCUT2D eigenvalue weighted by Crippen LogP contribution is 2.26. The molecule has 1 unspecified atom stereocenters. The lowest BCUT2D eigenvalue weighted by Crippen LogP contribution is -2.04. The Balaban J connectivity index is 2.26. The highest BCUT2D eigenvalue weighted by atomic mass is 35.5. The molecule has 4 heteroatoms. The number of hydrogen-bond acceptors (Lipinski definition) is 2. The van der Waals surface area contributed by atoms with Gasteiger partial charge in [0.05, 0.1) is 12.8 Å². The molecule has 0 aromatic carbocycles. The van der Waals surface area contributed by atoms with Gasteiger partial charge in [0.1, 0.15) is 0 Å². The summed E-state index contributed by atoms with van der Waals surface area (Å²) in [7, 11) is 1.93. The van der Waals surface area contributed by atoms with Crippen molar-refractivity contribution < 1.29 is 4.74 Å². The molecule has 1 saturated heterocycles. The Morgan fingerprint density at radius 2 is 2.58 bits per heavy atom. The van der Waals surface area contributed by atoms with Crippen molar-refractivity contribution in [3.05, 3.63) is 17.2 Å². The monoisotopic (exact) mass is 186 g/mol. The number of imidazole rings is 1. The van der Waals surface area contributed by atoms with Crippen LogP contribution < -0.4 is 0 Å². The molecule has 66 valence electrons. The highest BCUT2D eigenvalue weighted by Gasteiger charge is 2.21. The fraction of sp³-hybridized carbons (Fsp3) is 0.625. The first-order valence-electron chi connectivity index (χ1n) is 4.04. The molecule has 0 aliphatic carbocycles. The lowest BCUT2D eigenvalue weighted by molar-refractivity contribution is 0.193. The number of hydrogen-bond donors (Lipinski definition) is 0. The van der Waals surface area contributed by atoms with Gasteiger partial charge in [-0.25, -0.2) is 4.98 Å². The Morgan fingerprint density at radius 3 is 3.08 bits per heavy atom. The van der Waals surface area contributed by atoms with Crippen LogP contribution in [0.4, 0.5) is 0 Å². The van der Waals surface area contributed by atoms with Crippen LogP contribution in [0.15, 0.2) is 6.20 Å². The van der Waals surface area contributed by atoms with Crippen molar-refractivity contribution in [2.75, 3.05) is 13.2 Å². The molecule has 0 bridgehead atoms. The molecule has 0 spiro atoms. The summed E-state index contributed by atoms with van der Waals surface area (Å²) in [5.74, 6) is 0.481. The second-order valence-electron chi connectivity index (χ2n) is 3.07. The van der Waals surface area contributed by atoms with Crippen LogP contribution in [0.3, 0.4) is 0 Å². The maximum Gasteiger partial charge on any atom is 0.202 e. The summed E-state index contributed by atoms with van der Waals surface area (Å²) in [4.78, 5) is 4.03. The minimum Gasteiger partial charge on any atom is -0.381 e. The van der Waals surface area contributed by atoms with Crippen molar-refractivity contribution in [1.82, 2.24) is 9.55 Å². The van der Waals surface area contributed by atoms with Gasteiger partial charge in [-0.3, -0.25) is 0 Å². The van der Waals surface area contributed by atoms with Crippen molar-refractivity contribution in [3.8, 4) is 0 Å². The fourth-order valence-electron chi connectivity index (χ4n) is 1.55. The maximum atomic E-state index is 5.82. The van der Waals surface area contributed by atoms with Crippen molar-refractivity contribution in [2.45, 2.75) is 12.3 Å². The SMILES string of the molecule is Cn1c(C2CCOC2)cnc1Cl. The van der Waals surface area contributed by atoms with Gasteiger partial charge in [-0.05, 0) is 18.0 Å². The van der Waals surface area contributed by atoms with E-state index in [1.54, 1.807) is 0 Å². The largest absolute Gasteiger partial charge is 0.381 e. The zero-order valence-corrected chi connectivity index (χ0v) is 7.71. The van der Waals surface area contributed by atoms with Gasteiger partial charge >= 0.3 is 0 Å². The quantitative estimate of drug-likeness (QED) is 0.666. The first-order chi connectivity index (χ1) is 5.79. The molecular formula is C8H11ClN2O. The summed E-state index contributed by atoms with van der Waals surface area (Å²) in [5, 5.41) is 0.553. The third-order valence-electron chi connectivity index (χ3n) is 2.32. The van der Waals surface area contributed by atoms with Crippen molar-refractivity contribution >= 4 is 11.6 Å². The van der Waals surface area contributed by atoms with E-state index in [4.69, 9.17) is 16.3 Å². The Hall–Kier alpha value is -0.540. The predicted octanol–water partition coefficient (Wildman–Crippen LogP) is 1.58. The van der Waals surface area contributed by atoms with E-state index in [0.29, 0.717) is 11.2 Å². The average Bonchev–Trinajstić information content (AvgIpc) is 2.64. The molecule has 0 radical (unpaired) electrons. The van der Waals surface area contributed by atoms with Crippen molar-refractivity contribution in [1.29, 1.82) is 0 Å². The third kappa shape index (κ3) is 1.23. The molecule has 1 aliphatic heterocycles. The predicted molar refractivity (Wildman–Crippen MR) is 46.4 cm³/mol. The lowest BCUT2D eigenvalue weighted by Gasteiger charge is -2.07. The molecule has 12 heavy (non-hydrogen) atoms. The summed E-state index contributed by atoms with van der Waals surface area (Å²) in [6, 6.07) is 0. The minimum atomic E-state index is 0.481. The van der Waals surface area contributed by atoms with Gasteiger partial charge in [-0.2, -0.15) is 0 Å². The van der Waals surface area contributed by atoms with Gasteiger partial charge in [0.2, 0.25) is 5.28 Å². The van der Waals surface area contributed by atoms with E-state index in [-0.39, 0.29) is 0 Å². The second-order valence-corrected chi connectivity index (χ2v) is 3.41. The Kier molecular flexibility index (Phi) is 2.07. The molecule has 2 rings (SSSR count). The topological polar surface area (TPSA) is 27.1 Å². The van der Waals surface area contributed by atoms with Gasteiger partial charge in [0.15, 0.2) is 0 Å². The van der Waals surface area contributed by atoms with Crippen LogP contribution in [-0.4, -0.2) is 22.8 Å². The van der Waals surface area contributed by atoms with Crippen LogP contribution in [0.5, 0.6) is 0 Å². The zero-order chi connectivity index (χ0) is 8.55. The number of nitrogens with zero attached hydrogens (tertiary/aromatic N) is 2. The van der Waals surface area contributed by atoms with Crippen LogP contribution in [-0.2, 0) is 11.8 Å². The van der Waals surface area contributed by atoms with Crippen LogP contribution in [0.2, 0.25) is 5.28 Å². The van der Waals surface area contributed by atoms with E-state index < -0.39 is 0 Å². The molecule has 1 aliphatic rings. The second kappa shape index (κ2) is 3.07. The Bertz CT molecular complexity index is 279. The first-order valence-corrected chi connectivity index (χ1v) is 4.41. The van der Waals surface area contributed by atoms with E-state index in [1.165, 1.54) is 5.69 Å². The summed E-state index contributed by atoms with van der Waals surface area (Å²) in [6.45, 7) is 1.66. The van der Waals surface area contributed by atoms with Gasteiger partial charge in [-0.1, -0.05) is 0 Å². The molecule has 1 aromatic heterocycles. The molecule has 0 N–H and O–H groups in total. The van der Waals surface area contributed by atoms with E-state index in [1.807, 2.05) is 17.8 Å². The lowest BCUT2D eigenvalue weighted by atomic mass is 10.1. The van der Waals surface area contributed by atoms with Crippen LogP contribution in [0.1, 0.15) is 18.0 Å². The third-order valence-corrected chi connectivity index (χ3v) is 2.67. The Morgan fingerprint density at radius 1 is 1.75 bits per heavy atom. The molecule has 0 amide bonds. The minimum absolute atomic E-state index is 0.481. The fourth-order valence-corrected chi connectivity index (χ4v) is 1.69. The summed E-state index contributed by atoms with van der Waals surface area (Å²) < 4.78 is 7.21. The zero-order valence-electron chi connectivity index (χ0n) is 6.96. The van der Waals surface area contributed by atoms with E-state index in [0.717, 1.165) is 19.6 Å². The average molecular weight is 187 g/mol. The number of aromatic nitrogens is 2. The highest BCUT2D eigenvalue weighted by molar-refractivity contribution is 6.28. The van der Waals surface area contributed by atoms with Crippen LogP contribution >= 0.6 is 11.6 Å². The molecule has 1 fully saturated rings. The normalized spacial score (nSPS) is 23.3. The number of rotatable bonds is 1. The van der Waals surface area contributed by atoms with Crippen LogP contribution in [0.25, 0.3) is 0 Å². The van der Waals surface area contributed by atoms with Crippen LogP contribution in [0, 0.1) is 0 Å². The summed E-state index contributed by atoms with van der Waals surface area (Å²) in [5.41, 5.74) is 1.18. The number of ether oxygens (including phenoxy) is 1. The van der Waals surface area contributed by atoms with E-state index in [9.17, 15) is 0 Å². The maximum absolute atomic E-state index is 5.82. The van der Waals surface area contributed by atoms with Gasteiger partial charge in [0.25, 0.3) is 0 Å². The number of halogens is 1. The molecule has 1 aromatic rings. The molecular weight excluding hydrogens is 176 g/mol. The van der Waals surface area contributed by atoms with Gasteiger partial charge in [0, 0.05) is 25.3 Å². The smallest absolute Gasteiger partial charge is 0.202 e. The standard InChI is InChI=1S/C8H11ClN2O/c1-11-7(4-10-8(11)9)6-2-3-12-5-6/h4,6H,2-3,5H2,1H3. The molecule has 0 saturated carbocycles. The molecule has 1 atom stereocenters. The Labute approximate surface area is 76.3 Å². The van der Waals surface area contributed by atoms with E-state index >= 15 is 0 Å². The van der Waals surface area contributed by atoms with Crippen molar-refractivity contribution in [3.63, 3.8) is 0 Å². The summed E-state index contributed by atoms with van der Waals surface area (Å²) in [6.07, 6.45) is 2.91. The molecule has 3 nitrogen and oxygen atoms in total.